The molecule has 0 aromatic carbocycles. The Morgan fingerprint density at radius 2 is 1.46 bits per heavy atom. The second-order valence-corrected chi connectivity index (χ2v) is 2.96. The summed E-state index contributed by atoms with van der Waals surface area (Å²) in [6.45, 7) is 2.46. The third-order valence-corrected chi connectivity index (χ3v) is 2.13. The Labute approximate surface area is 77.7 Å². The van der Waals surface area contributed by atoms with Crippen LogP contribution in [0.4, 0.5) is 0 Å². The van der Waals surface area contributed by atoms with Gasteiger partial charge in [-0.25, -0.2) is 19.6 Å². The summed E-state index contributed by atoms with van der Waals surface area (Å²) in [6.07, 6.45) is 0. The third-order valence-electron chi connectivity index (χ3n) is 2.13. The van der Waals surface area contributed by atoms with Crippen LogP contribution in [0.3, 0.4) is 0 Å². The molecule has 0 aromatic rings. The first kappa shape index (κ1) is 10.9. The Hall–Kier alpha value is -0.200. The molecular weight excluding hydrogens is 176 g/mol. The zero-order valence-electron chi connectivity index (χ0n) is 8.02. The van der Waals surface area contributed by atoms with Crippen LogP contribution in [0, 0.1) is 11.8 Å². The van der Waals surface area contributed by atoms with Crippen LogP contribution in [-0.4, -0.2) is 40.6 Å². The monoisotopic (exact) mass is 192 g/mol. The van der Waals surface area contributed by atoms with Crippen molar-refractivity contribution in [1.82, 2.24) is 0 Å². The average Bonchev–Trinajstić information content (AvgIpc) is 2.59. The largest absolute Gasteiger partial charge is 0.381 e. The van der Waals surface area contributed by atoms with Crippen molar-refractivity contribution in [1.29, 1.82) is 0 Å². The van der Waals surface area contributed by atoms with Gasteiger partial charge in [0.05, 0.1) is 40.6 Å². The molecule has 5 nitrogen and oxygen atoms in total. The van der Waals surface area contributed by atoms with Gasteiger partial charge in [-0.05, 0) is 0 Å². The van der Waals surface area contributed by atoms with Crippen LogP contribution in [0.5, 0.6) is 0 Å². The molecule has 0 aliphatic carbocycles. The van der Waals surface area contributed by atoms with E-state index in [0.717, 1.165) is 0 Å². The van der Waals surface area contributed by atoms with E-state index in [1.165, 1.54) is 14.2 Å². The SMILES string of the molecule is COOC[C@@H]1COC[C@H]1COOC. The van der Waals surface area contributed by atoms with Gasteiger partial charge in [-0.1, -0.05) is 0 Å². The third kappa shape index (κ3) is 3.58. The van der Waals surface area contributed by atoms with Gasteiger partial charge in [0.2, 0.25) is 0 Å². The first-order chi connectivity index (χ1) is 6.38. The molecule has 1 fully saturated rings. The van der Waals surface area contributed by atoms with E-state index in [1.54, 1.807) is 0 Å². The molecule has 0 unspecified atom stereocenters. The van der Waals surface area contributed by atoms with E-state index in [2.05, 4.69) is 9.78 Å². The van der Waals surface area contributed by atoms with Gasteiger partial charge in [-0.15, -0.1) is 0 Å². The second kappa shape index (κ2) is 6.28. The maximum atomic E-state index is 5.29. The molecule has 2 atom stereocenters. The van der Waals surface area contributed by atoms with Crippen molar-refractivity contribution in [2.45, 2.75) is 0 Å². The van der Waals surface area contributed by atoms with Gasteiger partial charge in [0.25, 0.3) is 0 Å². The highest BCUT2D eigenvalue weighted by Gasteiger charge is 2.29. The fourth-order valence-electron chi connectivity index (χ4n) is 1.32. The summed E-state index contributed by atoms with van der Waals surface area (Å²) in [7, 11) is 2.99. The Kier molecular flexibility index (Phi) is 5.26. The molecule has 1 aliphatic rings. The van der Waals surface area contributed by atoms with Crippen molar-refractivity contribution < 1.29 is 24.3 Å². The summed E-state index contributed by atoms with van der Waals surface area (Å²) >= 11 is 0. The highest BCUT2D eigenvalue weighted by molar-refractivity contribution is 4.73. The lowest BCUT2D eigenvalue weighted by Gasteiger charge is -2.14. The van der Waals surface area contributed by atoms with E-state index < -0.39 is 0 Å². The Morgan fingerprint density at radius 1 is 1.00 bits per heavy atom. The number of rotatable bonds is 6. The van der Waals surface area contributed by atoms with Crippen LogP contribution in [0.2, 0.25) is 0 Å². The maximum Gasteiger partial charge on any atom is 0.0876 e. The number of hydrogen-bond donors (Lipinski definition) is 0. The van der Waals surface area contributed by atoms with Crippen molar-refractivity contribution in [2.75, 3.05) is 40.6 Å². The molecule has 78 valence electrons. The fourth-order valence-corrected chi connectivity index (χ4v) is 1.32. The lowest BCUT2D eigenvalue weighted by Crippen LogP contribution is -2.22. The van der Waals surface area contributed by atoms with Gasteiger partial charge in [-0.2, -0.15) is 0 Å². The van der Waals surface area contributed by atoms with E-state index in [1.807, 2.05) is 0 Å². The van der Waals surface area contributed by atoms with Gasteiger partial charge in [0.1, 0.15) is 0 Å². The molecule has 0 bridgehead atoms. The van der Waals surface area contributed by atoms with Gasteiger partial charge >= 0.3 is 0 Å². The smallest absolute Gasteiger partial charge is 0.0876 e. The summed E-state index contributed by atoms with van der Waals surface area (Å²) in [5.74, 6) is 0.658. The Bertz CT molecular complexity index is 116. The predicted octanol–water partition coefficient (Wildman–Crippen LogP) is 0.405. The maximum absolute atomic E-state index is 5.29. The van der Waals surface area contributed by atoms with Gasteiger partial charge in [0.15, 0.2) is 0 Å². The predicted molar refractivity (Wildman–Crippen MR) is 43.7 cm³/mol. The molecule has 1 rings (SSSR count). The standard InChI is InChI=1S/C8H16O5/c1-9-12-5-7-3-11-4-8(7)6-13-10-2/h7-8H,3-6H2,1-2H3/t7-,8-/m0/s1. The molecule has 13 heavy (non-hydrogen) atoms. The minimum absolute atomic E-state index is 0.329. The molecule has 0 radical (unpaired) electrons. The van der Waals surface area contributed by atoms with Crippen LogP contribution in [0.25, 0.3) is 0 Å². The molecule has 1 saturated heterocycles. The zero-order valence-corrected chi connectivity index (χ0v) is 8.02. The summed E-state index contributed by atoms with van der Waals surface area (Å²) in [6, 6.07) is 0. The zero-order chi connectivity index (χ0) is 9.52. The molecule has 0 spiro atoms. The van der Waals surface area contributed by atoms with E-state index in [-0.39, 0.29) is 0 Å². The normalized spacial score (nSPS) is 28.2. The lowest BCUT2D eigenvalue weighted by atomic mass is 9.98. The molecule has 0 aromatic heterocycles. The highest BCUT2D eigenvalue weighted by Crippen LogP contribution is 2.21. The molecular formula is C8H16O5. The van der Waals surface area contributed by atoms with Crippen LogP contribution >= 0.6 is 0 Å². The first-order valence-electron chi connectivity index (χ1n) is 4.27. The second-order valence-electron chi connectivity index (χ2n) is 2.96. The Balaban J connectivity index is 2.18. The number of ether oxygens (including phenoxy) is 1. The van der Waals surface area contributed by atoms with Crippen molar-refractivity contribution in [2.24, 2.45) is 11.8 Å². The summed E-state index contributed by atoms with van der Waals surface area (Å²) in [4.78, 5) is 18.8. The van der Waals surface area contributed by atoms with E-state index in [9.17, 15) is 0 Å². The molecule has 0 saturated carbocycles. The van der Waals surface area contributed by atoms with Crippen molar-refractivity contribution in [3.8, 4) is 0 Å². The van der Waals surface area contributed by atoms with Crippen LogP contribution < -0.4 is 0 Å². The molecule has 1 heterocycles. The van der Waals surface area contributed by atoms with Crippen molar-refractivity contribution in [3.63, 3.8) is 0 Å². The van der Waals surface area contributed by atoms with E-state index in [4.69, 9.17) is 14.5 Å². The minimum Gasteiger partial charge on any atom is -0.381 e. The topological polar surface area (TPSA) is 46.2 Å². The Morgan fingerprint density at radius 3 is 1.85 bits per heavy atom. The van der Waals surface area contributed by atoms with Gasteiger partial charge in [0, 0.05) is 11.8 Å². The summed E-state index contributed by atoms with van der Waals surface area (Å²) in [5.41, 5.74) is 0. The van der Waals surface area contributed by atoms with E-state index in [0.29, 0.717) is 38.3 Å². The summed E-state index contributed by atoms with van der Waals surface area (Å²) in [5, 5.41) is 0. The van der Waals surface area contributed by atoms with Crippen molar-refractivity contribution >= 4 is 0 Å². The van der Waals surface area contributed by atoms with Gasteiger partial charge in [-0.3, -0.25) is 0 Å². The highest BCUT2D eigenvalue weighted by atomic mass is 17.2. The quantitative estimate of drug-likeness (QED) is 0.450. The van der Waals surface area contributed by atoms with Gasteiger partial charge < -0.3 is 4.74 Å². The van der Waals surface area contributed by atoms with Crippen molar-refractivity contribution in [3.05, 3.63) is 0 Å². The average molecular weight is 192 g/mol. The van der Waals surface area contributed by atoms with Crippen LogP contribution in [0.15, 0.2) is 0 Å². The van der Waals surface area contributed by atoms with E-state index >= 15 is 0 Å². The number of hydrogen-bond acceptors (Lipinski definition) is 5. The minimum atomic E-state index is 0.329. The molecule has 0 N–H and O–H groups in total. The summed E-state index contributed by atoms with van der Waals surface area (Å²) < 4.78 is 5.29. The van der Waals surface area contributed by atoms with Crippen LogP contribution in [-0.2, 0) is 24.3 Å². The lowest BCUT2D eigenvalue weighted by molar-refractivity contribution is -0.294. The molecule has 0 amide bonds. The van der Waals surface area contributed by atoms with Crippen LogP contribution in [0.1, 0.15) is 0 Å². The fraction of sp³-hybridized carbons (Fsp3) is 1.00. The molecule has 1 aliphatic heterocycles. The molecule has 5 heteroatoms. The first-order valence-corrected chi connectivity index (χ1v) is 4.27.